The van der Waals surface area contributed by atoms with Crippen molar-refractivity contribution in [3.8, 4) is 11.3 Å². The highest BCUT2D eigenvalue weighted by atomic mass is 35.5. The molecule has 28 heavy (non-hydrogen) atoms. The minimum Gasteiger partial charge on any atom is -0.443 e. The van der Waals surface area contributed by atoms with Crippen molar-refractivity contribution in [1.82, 2.24) is 9.97 Å². The molecule has 8 heteroatoms. The van der Waals surface area contributed by atoms with Gasteiger partial charge in [0.05, 0.1) is 10.7 Å². The van der Waals surface area contributed by atoms with Crippen LogP contribution in [0.5, 0.6) is 0 Å². The van der Waals surface area contributed by atoms with Crippen LogP contribution < -0.4 is 4.90 Å². The summed E-state index contributed by atoms with van der Waals surface area (Å²) in [6.45, 7) is 6.10. The number of thiazole rings is 1. The topological polar surface area (TPSA) is 55.3 Å². The zero-order chi connectivity index (χ0) is 20.3. The summed E-state index contributed by atoms with van der Waals surface area (Å²) in [6.07, 6.45) is 6.66. The van der Waals surface area contributed by atoms with Crippen LogP contribution >= 0.6 is 22.9 Å². The van der Waals surface area contributed by atoms with Gasteiger partial charge in [-0.1, -0.05) is 30.9 Å². The molecule has 2 heterocycles. The molecule has 0 atom stereocenters. The molecule has 1 fully saturated rings. The monoisotopic (exact) mass is 425 g/mol. The fourth-order valence-corrected chi connectivity index (χ4v) is 4.32. The summed E-state index contributed by atoms with van der Waals surface area (Å²) in [5.74, 6) is -0.198. The molecule has 1 amide bonds. The van der Waals surface area contributed by atoms with Gasteiger partial charge in [-0.25, -0.2) is 14.8 Å². The highest BCUT2D eigenvalue weighted by molar-refractivity contribution is 7.14. The van der Waals surface area contributed by atoms with Gasteiger partial charge in [-0.15, -0.1) is 11.3 Å². The Morgan fingerprint density at radius 3 is 2.75 bits per heavy atom. The summed E-state index contributed by atoms with van der Waals surface area (Å²) in [4.78, 5) is 22.6. The number of hydrogen-bond acceptors (Lipinski definition) is 5. The lowest BCUT2D eigenvalue weighted by Crippen LogP contribution is -2.40. The molecule has 5 nitrogen and oxygen atoms in total. The lowest BCUT2D eigenvalue weighted by Gasteiger charge is -2.30. The first kappa shape index (κ1) is 21.0. The molecule has 3 rings (SSSR count). The minimum atomic E-state index is -0.625. The van der Waals surface area contributed by atoms with Crippen molar-refractivity contribution in [2.45, 2.75) is 58.5 Å². The van der Waals surface area contributed by atoms with Gasteiger partial charge >= 0.3 is 6.09 Å². The SMILES string of the molecule is CC(C)(C)OC(=O)N(CC1CCCCC1)c1nc(-c2cc(F)ncc2Cl)cs1. The van der Waals surface area contributed by atoms with E-state index in [2.05, 4.69) is 9.97 Å². The van der Waals surface area contributed by atoms with E-state index < -0.39 is 17.6 Å². The molecule has 0 unspecified atom stereocenters. The zero-order valence-corrected chi connectivity index (χ0v) is 17.9. The van der Waals surface area contributed by atoms with Gasteiger partial charge in [0.2, 0.25) is 5.95 Å². The molecular formula is C20H25ClFN3O2S. The number of hydrogen-bond donors (Lipinski definition) is 0. The number of aromatic nitrogens is 2. The zero-order valence-electron chi connectivity index (χ0n) is 16.4. The van der Waals surface area contributed by atoms with E-state index in [1.807, 2.05) is 20.8 Å². The summed E-state index contributed by atoms with van der Waals surface area (Å²) < 4.78 is 19.2. The predicted octanol–water partition coefficient (Wildman–Crippen LogP) is 6.32. The third-order valence-electron chi connectivity index (χ3n) is 4.60. The van der Waals surface area contributed by atoms with E-state index in [9.17, 15) is 9.18 Å². The van der Waals surface area contributed by atoms with Crippen molar-refractivity contribution in [3.63, 3.8) is 0 Å². The van der Waals surface area contributed by atoms with Gasteiger partial charge in [-0.3, -0.25) is 4.90 Å². The van der Waals surface area contributed by atoms with Crippen LogP contribution in [0.15, 0.2) is 17.6 Å². The highest BCUT2D eigenvalue weighted by Gasteiger charge is 2.29. The Bertz CT molecular complexity index is 831. The number of nitrogens with zero attached hydrogens (tertiary/aromatic N) is 3. The molecule has 0 N–H and O–H groups in total. The molecular weight excluding hydrogens is 401 g/mol. The molecule has 0 bridgehead atoms. The molecule has 2 aromatic heterocycles. The van der Waals surface area contributed by atoms with Crippen LogP contribution in [0, 0.1) is 11.9 Å². The smallest absolute Gasteiger partial charge is 0.416 e. The summed E-state index contributed by atoms with van der Waals surface area (Å²) in [5.41, 5.74) is 0.376. The number of ether oxygens (including phenoxy) is 1. The van der Waals surface area contributed by atoms with Crippen LogP contribution in [-0.4, -0.2) is 28.2 Å². The second kappa shape index (κ2) is 8.74. The van der Waals surface area contributed by atoms with Crippen molar-refractivity contribution < 1.29 is 13.9 Å². The van der Waals surface area contributed by atoms with Gasteiger partial charge in [-0.2, -0.15) is 4.39 Å². The number of anilines is 1. The van der Waals surface area contributed by atoms with E-state index in [0.29, 0.717) is 33.9 Å². The maximum Gasteiger partial charge on any atom is 0.416 e. The number of amides is 1. The molecule has 1 aliphatic rings. The maximum atomic E-state index is 13.5. The van der Waals surface area contributed by atoms with Crippen LogP contribution in [0.25, 0.3) is 11.3 Å². The van der Waals surface area contributed by atoms with Crippen LogP contribution in [0.2, 0.25) is 5.02 Å². The number of halogens is 2. The molecule has 1 saturated carbocycles. The van der Waals surface area contributed by atoms with E-state index in [1.165, 1.54) is 42.9 Å². The summed E-state index contributed by atoms with van der Waals surface area (Å²) in [6, 6.07) is 1.25. The van der Waals surface area contributed by atoms with Gasteiger partial charge in [0.15, 0.2) is 5.13 Å². The minimum absolute atomic E-state index is 0.314. The third-order valence-corrected chi connectivity index (χ3v) is 5.77. The lowest BCUT2D eigenvalue weighted by atomic mass is 9.89. The highest BCUT2D eigenvalue weighted by Crippen LogP contribution is 2.34. The van der Waals surface area contributed by atoms with Crippen LogP contribution in [0.1, 0.15) is 52.9 Å². The Hall–Kier alpha value is -1.73. The summed E-state index contributed by atoms with van der Waals surface area (Å²) in [5, 5.41) is 2.62. The van der Waals surface area contributed by atoms with Crippen LogP contribution in [0.4, 0.5) is 14.3 Å². The van der Waals surface area contributed by atoms with Gasteiger partial charge < -0.3 is 4.74 Å². The summed E-state index contributed by atoms with van der Waals surface area (Å²) >= 11 is 7.48. The van der Waals surface area contributed by atoms with E-state index in [-0.39, 0.29) is 0 Å². The molecule has 152 valence electrons. The summed E-state index contributed by atoms with van der Waals surface area (Å²) in [7, 11) is 0. The first-order valence-electron chi connectivity index (χ1n) is 9.50. The van der Waals surface area contributed by atoms with Gasteiger partial charge in [0.25, 0.3) is 0 Å². The van der Waals surface area contributed by atoms with Crippen molar-refractivity contribution in [2.24, 2.45) is 5.92 Å². The first-order chi connectivity index (χ1) is 13.2. The van der Waals surface area contributed by atoms with E-state index in [0.717, 1.165) is 12.8 Å². The Morgan fingerprint density at radius 1 is 1.36 bits per heavy atom. The average molecular weight is 426 g/mol. The standard InChI is InChI=1S/C20H25ClFN3O2S/c1-20(2,3)27-19(26)25(11-13-7-5-4-6-8-13)18-24-16(12-28-18)14-9-17(22)23-10-15(14)21/h9-10,12-13H,4-8,11H2,1-3H3. The molecule has 0 spiro atoms. The molecule has 0 aromatic carbocycles. The normalized spacial score (nSPS) is 15.5. The number of carbonyl (C=O) groups excluding carboxylic acids is 1. The quantitative estimate of drug-likeness (QED) is 0.538. The van der Waals surface area contributed by atoms with E-state index >= 15 is 0 Å². The van der Waals surface area contributed by atoms with Crippen LogP contribution in [0.3, 0.4) is 0 Å². The second-order valence-corrected chi connectivity index (χ2v) is 9.34. The van der Waals surface area contributed by atoms with Gasteiger partial charge in [0, 0.05) is 29.8 Å². The fourth-order valence-electron chi connectivity index (χ4n) is 3.30. The Balaban J connectivity index is 1.88. The predicted molar refractivity (Wildman–Crippen MR) is 110 cm³/mol. The Kier molecular flexibility index (Phi) is 6.55. The number of pyridine rings is 1. The first-order valence-corrected chi connectivity index (χ1v) is 10.8. The average Bonchev–Trinajstić information content (AvgIpc) is 3.10. The second-order valence-electron chi connectivity index (χ2n) is 8.10. The Morgan fingerprint density at radius 2 is 2.07 bits per heavy atom. The van der Waals surface area contributed by atoms with Crippen molar-refractivity contribution in [3.05, 3.63) is 28.6 Å². The van der Waals surface area contributed by atoms with Gasteiger partial charge in [0.1, 0.15) is 5.60 Å². The molecule has 0 radical (unpaired) electrons. The van der Waals surface area contributed by atoms with Crippen molar-refractivity contribution in [2.75, 3.05) is 11.4 Å². The van der Waals surface area contributed by atoms with Crippen LogP contribution in [-0.2, 0) is 4.74 Å². The Labute approximate surface area is 173 Å². The van der Waals surface area contributed by atoms with Crippen molar-refractivity contribution in [1.29, 1.82) is 0 Å². The molecule has 0 aliphatic heterocycles. The maximum absolute atomic E-state index is 13.5. The largest absolute Gasteiger partial charge is 0.443 e. The molecule has 2 aromatic rings. The van der Waals surface area contributed by atoms with Gasteiger partial charge in [-0.05, 0) is 39.5 Å². The number of rotatable bonds is 4. The lowest BCUT2D eigenvalue weighted by molar-refractivity contribution is 0.0572. The third kappa shape index (κ3) is 5.41. The van der Waals surface area contributed by atoms with Crippen molar-refractivity contribution >= 4 is 34.2 Å². The van der Waals surface area contributed by atoms with E-state index in [1.54, 1.807) is 10.3 Å². The van der Waals surface area contributed by atoms with E-state index in [4.69, 9.17) is 16.3 Å². The molecule has 1 aliphatic carbocycles. The molecule has 0 saturated heterocycles. The number of carbonyl (C=O) groups is 1. The fraction of sp³-hybridized carbons (Fsp3) is 0.550.